The number of amides is 1. The lowest BCUT2D eigenvalue weighted by Gasteiger charge is -1.97. The molecule has 0 saturated heterocycles. The average Bonchev–Trinajstić information content (AvgIpc) is 2.10. The lowest BCUT2D eigenvalue weighted by molar-refractivity contribution is -0.117. The monoisotopic (exact) mass is 189 g/mol. The molecule has 0 saturated carbocycles. The van der Waals surface area contributed by atoms with Crippen LogP contribution in [0.25, 0.3) is 0 Å². The zero-order valence-electron chi connectivity index (χ0n) is 7.87. The lowest BCUT2D eigenvalue weighted by atomic mass is 10.2. The van der Waals surface area contributed by atoms with Crippen molar-refractivity contribution in [2.24, 2.45) is 5.73 Å². The Balaban J connectivity index is 2.88. The maximum absolute atomic E-state index is 10.4. The van der Waals surface area contributed by atoms with Crippen molar-refractivity contribution in [1.29, 1.82) is 0 Å². The molecule has 1 heterocycles. The zero-order chi connectivity index (χ0) is 10.6. The number of rotatable bonds is 1. The molecule has 0 aromatic carbocycles. The molecule has 72 valence electrons. The molecule has 0 aliphatic rings. The van der Waals surface area contributed by atoms with Gasteiger partial charge in [0.25, 0.3) is 0 Å². The van der Waals surface area contributed by atoms with Crippen LogP contribution in [0, 0.1) is 18.8 Å². The van der Waals surface area contributed by atoms with Crippen molar-refractivity contribution in [2.45, 2.75) is 13.3 Å². The van der Waals surface area contributed by atoms with Gasteiger partial charge < -0.3 is 11.5 Å². The predicted octanol–water partition coefficient (Wildman–Crippen LogP) is 0.199. The smallest absolute Gasteiger partial charge is 0.229 e. The van der Waals surface area contributed by atoms with Gasteiger partial charge in [-0.1, -0.05) is 5.92 Å². The Morgan fingerprint density at radius 3 is 2.93 bits per heavy atom. The molecule has 0 aliphatic heterocycles. The molecular formula is C10H11N3O. The van der Waals surface area contributed by atoms with Crippen LogP contribution in [0.4, 0.5) is 5.69 Å². The number of nitrogens with two attached hydrogens (primary N) is 2. The maximum Gasteiger partial charge on any atom is 0.229 e. The van der Waals surface area contributed by atoms with E-state index in [-0.39, 0.29) is 6.42 Å². The van der Waals surface area contributed by atoms with E-state index in [0.29, 0.717) is 11.4 Å². The number of nitrogen functional groups attached to an aromatic ring is 1. The van der Waals surface area contributed by atoms with Crippen molar-refractivity contribution in [2.75, 3.05) is 5.73 Å². The van der Waals surface area contributed by atoms with E-state index < -0.39 is 5.91 Å². The molecule has 0 aliphatic carbocycles. The van der Waals surface area contributed by atoms with Crippen molar-refractivity contribution in [3.63, 3.8) is 0 Å². The number of aryl methyl sites for hydroxylation is 1. The molecule has 1 aromatic rings. The molecule has 4 N–H and O–H groups in total. The van der Waals surface area contributed by atoms with Crippen molar-refractivity contribution in [1.82, 2.24) is 4.98 Å². The summed E-state index contributed by atoms with van der Waals surface area (Å²) in [5.41, 5.74) is 12.4. The second kappa shape index (κ2) is 4.28. The summed E-state index contributed by atoms with van der Waals surface area (Å²) in [5, 5.41) is 0. The van der Waals surface area contributed by atoms with E-state index >= 15 is 0 Å². The van der Waals surface area contributed by atoms with Gasteiger partial charge in [0.1, 0.15) is 5.69 Å². The summed E-state index contributed by atoms with van der Waals surface area (Å²) in [6.45, 7) is 1.85. The van der Waals surface area contributed by atoms with Crippen LogP contribution in [0.2, 0.25) is 0 Å². The van der Waals surface area contributed by atoms with Crippen LogP contribution in [-0.2, 0) is 4.79 Å². The minimum Gasteiger partial charge on any atom is -0.396 e. The number of carbonyl (C=O) groups excluding carboxylic acids is 1. The Kier molecular flexibility index (Phi) is 3.08. The van der Waals surface area contributed by atoms with Gasteiger partial charge >= 0.3 is 0 Å². The maximum atomic E-state index is 10.4. The molecule has 1 aromatic heterocycles. The summed E-state index contributed by atoms with van der Waals surface area (Å²) in [4.78, 5) is 14.5. The number of carbonyl (C=O) groups is 1. The molecule has 0 atom stereocenters. The van der Waals surface area contributed by atoms with E-state index in [9.17, 15) is 4.79 Å². The van der Waals surface area contributed by atoms with Crippen LogP contribution in [0.1, 0.15) is 17.8 Å². The molecule has 0 unspecified atom stereocenters. The summed E-state index contributed by atoms with van der Waals surface area (Å²) in [5.74, 6) is 4.85. The highest BCUT2D eigenvalue weighted by molar-refractivity contribution is 5.76. The van der Waals surface area contributed by atoms with Crippen LogP contribution < -0.4 is 11.5 Å². The first-order valence-corrected chi connectivity index (χ1v) is 4.10. The highest BCUT2D eigenvalue weighted by Crippen LogP contribution is 2.07. The Morgan fingerprint density at radius 1 is 1.57 bits per heavy atom. The van der Waals surface area contributed by atoms with Crippen molar-refractivity contribution < 1.29 is 4.79 Å². The van der Waals surface area contributed by atoms with Crippen molar-refractivity contribution >= 4 is 11.6 Å². The fraction of sp³-hybridized carbons (Fsp3) is 0.200. The fourth-order valence-corrected chi connectivity index (χ4v) is 0.883. The van der Waals surface area contributed by atoms with Gasteiger partial charge in [-0.3, -0.25) is 4.79 Å². The van der Waals surface area contributed by atoms with Gasteiger partial charge in [-0.25, -0.2) is 4.98 Å². The minimum absolute atomic E-state index is 0.0229. The first kappa shape index (κ1) is 10.1. The van der Waals surface area contributed by atoms with E-state index in [0.717, 1.165) is 5.69 Å². The summed E-state index contributed by atoms with van der Waals surface area (Å²) in [6.07, 6.45) is 0.0229. The zero-order valence-corrected chi connectivity index (χ0v) is 7.87. The molecule has 0 fully saturated rings. The van der Waals surface area contributed by atoms with E-state index in [4.69, 9.17) is 11.5 Å². The topological polar surface area (TPSA) is 82.0 Å². The molecule has 0 radical (unpaired) electrons. The number of hydrogen-bond acceptors (Lipinski definition) is 3. The Hall–Kier alpha value is -2.02. The second-order valence-corrected chi connectivity index (χ2v) is 2.84. The van der Waals surface area contributed by atoms with Gasteiger partial charge in [-0.05, 0) is 25.0 Å². The third-order valence-electron chi connectivity index (χ3n) is 1.54. The first-order valence-electron chi connectivity index (χ1n) is 4.10. The molecule has 0 spiro atoms. The van der Waals surface area contributed by atoms with Gasteiger partial charge in [0, 0.05) is 5.69 Å². The van der Waals surface area contributed by atoms with Crippen LogP contribution in [-0.4, -0.2) is 10.9 Å². The Bertz CT molecular complexity index is 415. The number of primary amides is 1. The molecular weight excluding hydrogens is 178 g/mol. The highest BCUT2D eigenvalue weighted by Gasteiger charge is 1.96. The van der Waals surface area contributed by atoms with Gasteiger partial charge in [0.2, 0.25) is 5.91 Å². The van der Waals surface area contributed by atoms with Crippen LogP contribution in [0.15, 0.2) is 12.1 Å². The SMILES string of the molecule is Cc1ccc(N)c(C#CCC(N)=O)n1. The normalized spacial score (nSPS) is 8.93. The van der Waals surface area contributed by atoms with Crippen LogP contribution >= 0.6 is 0 Å². The predicted molar refractivity (Wildman–Crippen MR) is 54.1 cm³/mol. The number of aromatic nitrogens is 1. The molecule has 0 bridgehead atoms. The minimum atomic E-state index is -0.455. The molecule has 4 nitrogen and oxygen atoms in total. The number of anilines is 1. The summed E-state index contributed by atoms with van der Waals surface area (Å²) in [7, 11) is 0. The van der Waals surface area contributed by atoms with Gasteiger partial charge in [0.15, 0.2) is 0 Å². The standard InChI is InChI=1S/C10H11N3O/c1-7-5-6-8(11)9(13-7)3-2-4-10(12)14/h5-6H,4,11H2,1H3,(H2,12,14). The Morgan fingerprint density at radius 2 is 2.29 bits per heavy atom. The van der Waals surface area contributed by atoms with E-state index in [2.05, 4.69) is 16.8 Å². The van der Waals surface area contributed by atoms with Gasteiger partial charge in [0.05, 0.1) is 12.1 Å². The Labute approximate surface area is 82.3 Å². The second-order valence-electron chi connectivity index (χ2n) is 2.84. The van der Waals surface area contributed by atoms with Gasteiger partial charge in [-0.15, -0.1) is 0 Å². The van der Waals surface area contributed by atoms with E-state index in [1.807, 2.05) is 6.92 Å². The third kappa shape index (κ3) is 2.79. The lowest BCUT2D eigenvalue weighted by Crippen LogP contribution is -2.08. The number of pyridine rings is 1. The summed E-state index contributed by atoms with van der Waals surface area (Å²) < 4.78 is 0. The van der Waals surface area contributed by atoms with Crippen LogP contribution in [0.5, 0.6) is 0 Å². The van der Waals surface area contributed by atoms with Crippen LogP contribution in [0.3, 0.4) is 0 Å². The summed E-state index contributed by atoms with van der Waals surface area (Å²) in [6, 6.07) is 3.53. The fourth-order valence-electron chi connectivity index (χ4n) is 0.883. The van der Waals surface area contributed by atoms with E-state index in [1.165, 1.54) is 0 Å². The highest BCUT2D eigenvalue weighted by atomic mass is 16.1. The van der Waals surface area contributed by atoms with Crippen molar-refractivity contribution in [3.8, 4) is 11.8 Å². The molecule has 1 amide bonds. The molecule has 4 heteroatoms. The average molecular weight is 189 g/mol. The summed E-state index contributed by atoms with van der Waals surface area (Å²) >= 11 is 0. The molecule has 14 heavy (non-hydrogen) atoms. The third-order valence-corrected chi connectivity index (χ3v) is 1.54. The largest absolute Gasteiger partial charge is 0.396 e. The number of nitrogens with zero attached hydrogens (tertiary/aromatic N) is 1. The van der Waals surface area contributed by atoms with E-state index in [1.54, 1.807) is 12.1 Å². The first-order chi connectivity index (χ1) is 6.59. The number of hydrogen-bond donors (Lipinski definition) is 2. The van der Waals surface area contributed by atoms with Gasteiger partial charge in [-0.2, -0.15) is 0 Å². The van der Waals surface area contributed by atoms with Crippen molar-refractivity contribution in [3.05, 3.63) is 23.5 Å². The molecule has 1 rings (SSSR count). The quantitative estimate of drug-likeness (QED) is 0.619.